The first-order valence-electron chi connectivity index (χ1n) is 2.49. The van der Waals surface area contributed by atoms with Crippen molar-refractivity contribution in [3.8, 4) is 0 Å². The monoisotopic (exact) mass is 119 g/mol. The van der Waals surface area contributed by atoms with Gasteiger partial charge >= 0.3 is 0 Å². The van der Waals surface area contributed by atoms with Crippen LogP contribution in [0.15, 0.2) is 18.6 Å². The van der Waals surface area contributed by atoms with Gasteiger partial charge < -0.3 is 0 Å². The third-order valence-corrected chi connectivity index (χ3v) is 1.06. The maximum absolute atomic E-state index is 3.81. The van der Waals surface area contributed by atoms with E-state index >= 15 is 0 Å². The number of aromatic nitrogens is 4. The van der Waals surface area contributed by atoms with E-state index in [1.165, 1.54) is 6.33 Å². The summed E-state index contributed by atoms with van der Waals surface area (Å²) in [7, 11) is 0. The van der Waals surface area contributed by atoms with Gasteiger partial charge in [-0.2, -0.15) is 10.2 Å². The van der Waals surface area contributed by atoms with E-state index in [-0.39, 0.29) is 0 Å². The molecule has 1 radical (unpaired) electrons. The Morgan fingerprint density at radius 2 is 2.44 bits per heavy atom. The van der Waals surface area contributed by atoms with E-state index in [2.05, 4.69) is 21.5 Å². The molecule has 0 atom stereocenters. The Balaban J connectivity index is 2.95. The first-order valence-corrected chi connectivity index (χ1v) is 2.49. The number of fused-ring (bicyclic) bond motifs is 1. The van der Waals surface area contributed by atoms with Crippen molar-refractivity contribution in [1.82, 2.24) is 19.8 Å². The molecule has 2 aromatic rings. The minimum atomic E-state index is 0.907. The van der Waals surface area contributed by atoms with Crippen LogP contribution in [0.4, 0.5) is 0 Å². The lowest BCUT2D eigenvalue weighted by molar-refractivity contribution is 0.861. The quantitative estimate of drug-likeness (QED) is 0.487. The molecule has 9 heavy (non-hydrogen) atoms. The minimum absolute atomic E-state index is 0.907. The smallest absolute Gasteiger partial charge is 0.140 e. The highest BCUT2D eigenvalue weighted by Crippen LogP contribution is 1.93. The van der Waals surface area contributed by atoms with Crippen LogP contribution in [0.1, 0.15) is 0 Å². The Kier molecular flexibility index (Phi) is 0.745. The highest BCUT2D eigenvalue weighted by atomic mass is 15.3. The molecule has 2 heterocycles. The molecule has 2 rings (SSSR count). The lowest BCUT2D eigenvalue weighted by atomic mass is 10.6. The highest BCUT2D eigenvalue weighted by Gasteiger charge is 1.88. The second kappa shape index (κ2) is 1.51. The molecular weight excluding hydrogens is 116 g/mol. The Bertz CT molecular complexity index is 283. The van der Waals surface area contributed by atoms with Gasteiger partial charge in [0.25, 0.3) is 0 Å². The van der Waals surface area contributed by atoms with Crippen LogP contribution in [-0.2, 0) is 0 Å². The Morgan fingerprint density at radius 3 is 3.33 bits per heavy atom. The van der Waals surface area contributed by atoms with E-state index in [1.54, 1.807) is 16.8 Å². The van der Waals surface area contributed by atoms with Gasteiger partial charge in [0.1, 0.15) is 12.5 Å². The summed E-state index contributed by atoms with van der Waals surface area (Å²) in [4.78, 5) is 0. The largest absolute Gasteiger partial charge is 0.218 e. The zero-order chi connectivity index (χ0) is 6.10. The van der Waals surface area contributed by atoms with Crippen LogP contribution in [0.3, 0.4) is 0 Å². The van der Waals surface area contributed by atoms with Crippen molar-refractivity contribution < 1.29 is 0 Å². The molecule has 0 amide bonds. The van der Waals surface area contributed by atoms with Gasteiger partial charge in [0.15, 0.2) is 0 Å². The normalized spacial score (nSPS) is 10.2. The number of hydrogen-bond acceptors (Lipinski definition) is 3. The number of nitrogens with zero attached hydrogens (tertiary/aromatic N) is 4. The van der Waals surface area contributed by atoms with E-state index in [1.807, 2.05) is 0 Å². The van der Waals surface area contributed by atoms with Crippen molar-refractivity contribution in [2.24, 2.45) is 0 Å². The van der Waals surface area contributed by atoms with Gasteiger partial charge in [-0.05, 0) is 6.07 Å². The average molecular weight is 119 g/mol. The van der Waals surface area contributed by atoms with E-state index in [0.29, 0.717) is 0 Å². The summed E-state index contributed by atoms with van der Waals surface area (Å²) in [6.07, 6.45) is 5.83. The molecule has 2 aromatic heterocycles. The van der Waals surface area contributed by atoms with Crippen molar-refractivity contribution in [3.05, 3.63) is 24.8 Å². The van der Waals surface area contributed by atoms with Crippen LogP contribution in [0.2, 0.25) is 0 Å². The number of rotatable bonds is 0. The van der Waals surface area contributed by atoms with Crippen molar-refractivity contribution >= 4 is 5.52 Å². The Hall–Kier alpha value is -1.45. The zero-order valence-electron chi connectivity index (χ0n) is 4.52. The lowest BCUT2D eigenvalue weighted by Crippen LogP contribution is -1.88. The molecule has 0 saturated heterocycles. The molecule has 0 aromatic carbocycles. The SMILES string of the molecule is [c]1cc2cnncn2n1. The van der Waals surface area contributed by atoms with Crippen molar-refractivity contribution in [3.63, 3.8) is 0 Å². The predicted octanol–water partition coefficient (Wildman–Crippen LogP) is -0.0755. The number of hydrogen-bond donors (Lipinski definition) is 0. The van der Waals surface area contributed by atoms with Crippen LogP contribution in [-0.4, -0.2) is 19.8 Å². The second-order valence-corrected chi connectivity index (χ2v) is 1.62. The fourth-order valence-electron chi connectivity index (χ4n) is 0.641. The molecule has 4 nitrogen and oxygen atoms in total. The molecule has 0 aliphatic heterocycles. The average Bonchev–Trinajstić information content (AvgIpc) is 2.33. The zero-order valence-corrected chi connectivity index (χ0v) is 4.52. The first kappa shape index (κ1) is 4.43. The molecule has 4 heteroatoms. The highest BCUT2D eigenvalue weighted by molar-refractivity contribution is 5.40. The van der Waals surface area contributed by atoms with Crippen molar-refractivity contribution in [2.45, 2.75) is 0 Å². The molecule has 0 saturated carbocycles. The topological polar surface area (TPSA) is 43.1 Å². The third kappa shape index (κ3) is 0.561. The molecule has 0 spiro atoms. The summed E-state index contributed by atoms with van der Waals surface area (Å²) in [5.74, 6) is 0. The van der Waals surface area contributed by atoms with E-state index < -0.39 is 0 Å². The Labute approximate surface area is 51.1 Å². The van der Waals surface area contributed by atoms with Crippen molar-refractivity contribution in [1.29, 1.82) is 0 Å². The summed E-state index contributed by atoms with van der Waals surface area (Å²) in [5.41, 5.74) is 0.907. The minimum Gasteiger partial charge on any atom is -0.218 e. The van der Waals surface area contributed by atoms with Crippen LogP contribution >= 0.6 is 0 Å². The van der Waals surface area contributed by atoms with Gasteiger partial charge in [0.2, 0.25) is 0 Å². The fourth-order valence-corrected chi connectivity index (χ4v) is 0.641. The molecule has 0 fully saturated rings. The standard InChI is InChI=1S/C5H3N4/c1-2-8-9-4-7-6-3-5(1)9/h1,3-4H. The summed E-state index contributed by atoms with van der Waals surface area (Å²) >= 11 is 0. The van der Waals surface area contributed by atoms with Crippen LogP contribution in [0.25, 0.3) is 5.52 Å². The van der Waals surface area contributed by atoms with Crippen molar-refractivity contribution in [2.75, 3.05) is 0 Å². The van der Waals surface area contributed by atoms with Gasteiger partial charge in [-0.15, -0.1) is 5.10 Å². The molecule has 0 N–H and O–H groups in total. The molecule has 0 aliphatic carbocycles. The maximum atomic E-state index is 3.81. The second-order valence-electron chi connectivity index (χ2n) is 1.62. The maximum Gasteiger partial charge on any atom is 0.140 e. The molecule has 0 bridgehead atoms. The summed E-state index contributed by atoms with van der Waals surface area (Å²) in [6, 6.07) is 1.74. The van der Waals surface area contributed by atoms with E-state index in [4.69, 9.17) is 0 Å². The van der Waals surface area contributed by atoms with Crippen LogP contribution in [0.5, 0.6) is 0 Å². The molecule has 0 unspecified atom stereocenters. The Morgan fingerprint density at radius 1 is 1.44 bits per heavy atom. The van der Waals surface area contributed by atoms with E-state index in [9.17, 15) is 0 Å². The first-order chi connectivity index (χ1) is 4.47. The van der Waals surface area contributed by atoms with Crippen LogP contribution in [0, 0.1) is 6.20 Å². The molecular formula is C5H3N4. The van der Waals surface area contributed by atoms with Gasteiger partial charge in [-0.1, -0.05) is 0 Å². The fraction of sp³-hybridized carbons (Fsp3) is 0. The predicted molar refractivity (Wildman–Crippen MR) is 29.6 cm³/mol. The summed E-state index contributed by atoms with van der Waals surface area (Å²) < 4.78 is 1.60. The van der Waals surface area contributed by atoms with Gasteiger partial charge in [0.05, 0.1) is 11.7 Å². The summed E-state index contributed by atoms with van der Waals surface area (Å²) in [6.45, 7) is 0. The van der Waals surface area contributed by atoms with E-state index in [0.717, 1.165) is 5.52 Å². The molecule has 0 aliphatic rings. The van der Waals surface area contributed by atoms with Gasteiger partial charge in [0, 0.05) is 0 Å². The van der Waals surface area contributed by atoms with Crippen LogP contribution < -0.4 is 0 Å². The summed E-state index contributed by atoms with van der Waals surface area (Å²) in [5, 5.41) is 11.1. The lowest BCUT2D eigenvalue weighted by Gasteiger charge is -1.84. The molecule has 43 valence electrons. The van der Waals surface area contributed by atoms with Gasteiger partial charge in [-0.3, -0.25) is 0 Å². The third-order valence-electron chi connectivity index (χ3n) is 1.06. The van der Waals surface area contributed by atoms with Gasteiger partial charge in [-0.25, -0.2) is 4.52 Å².